The number of para-hydroxylation sites is 1. The molecule has 1 saturated heterocycles. The Morgan fingerprint density at radius 2 is 1.66 bits per heavy atom. The summed E-state index contributed by atoms with van der Waals surface area (Å²) >= 11 is 0. The van der Waals surface area contributed by atoms with Gasteiger partial charge in [-0.3, -0.25) is 9.59 Å². The second-order valence-electron chi connectivity index (χ2n) is 8.20. The zero-order valence-corrected chi connectivity index (χ0v) is 17.6. The predicted octanol–water partition coefficient (Wildman–Crippen LogP) is 4.69. The van der Waals surface area contributed by atoms with Crippen molar-refractivity contribution in [2.45, 2.75) is 19.0 Å². The molecule has 0 radical (unpaired) electrons. The molecule has 5 rings (SSSR count). The second-order valence-corrected chi connectivity index (χ2v) is 8.20. The molecule has 4 aromatic rings. The van der Waals surface area contributed by atoms with Gasteiger partial charge in [0.05, 0.1) is 5.92 Å². The summed E-state index contributed by atoms with van der Waals surface area (Å²) in [5.41, 5.74) is 2.78. The number of nitrogens with zero attached hydrogens (tertiary/aromatic N) is 1. The maximum atomic E-state index is 13.2. The highest BCUT2D eigenvalue weighted by Crippen LogP contribution is 2.29. The topological polar surface area (TPSA) is 62.6 Å². The van der Waals surface area contributed by atoms with E-state index in [9.17, 15) is 9.59 Å². The molecule has 1 aliphatic heterocycles. The van der Waals surface area contributed by atoms with E-state index in [0.717, 1.165) is 22.1 Å². The minimum absolute atomic E-state index is 0.00833. The van der Waals surface area contributed by atoms with Crippen LogP contribution < -0.4 is 5.32 Å². The first-order valence-corrected chi connectivity index (χ1v) is 10.8. The van der Waals surface area contributed by atoms with Gasteiger partial charge in [-0.15, -0.1) is 0 Å². The highest BCUT2D eigenvalue weighted by Gasteiger charge is 2.35. The van der Waals surface area contributed by atoms with E-state index in [2.05, 4.69) is 5.32 Å². The summed E-state index contributed by atoms with van der Waals surface area (Å²) in [6, 6.07) is 29.0. The summed E-state index contributed by atoms with van der Waals surface area (Å²) < 4.78 is 6.08. The van der Waals surface area contributed by atoms with Gasteiger partial charge in [-0.1, -0.05) is 78.9 Å². The number of carbonyl (C=O) groups is 2. The van der Waals surface area contributed by atoms with Gasteiger partial charge in [0.2, 0.25) is 11.8 Å². The van der Waals surface area contributed by atoms with Gasteiger partial charge in [0.25, 0.3) is 0 Å². The molecule has 0 spiro atoms. The van der Waals surface area contributed by atoms with Crippen molar-refractivity contribution in [3.63, 3.8) is 0 Å². The van der Waals surface area contributed by atoms with Crippen molar-refractivity contribution >= 4 is 22.8 Å². The number of benzene rings is 3. The zero-order valence-electron chi connectivity index (χ0n) is 17.6. The van der Waals surface area contributed by atoms with Crippen LogP contribution in [0.2, 0.25) is 0 Å². The van der Waals surface area contributed by atoms with Crippen LogP contribution in [0.4, 0.5) is 0 Å². The summed E-state index contributed by atoms with van der Waals surface area (Å²) in [5.74, 6) is 0.162. The average Bonchev–Trinajstić information content (AvgIpc) is 3.42. The van der Waals surface area contributed by atoms with Crippen LogP contribution in [0.5, 0.6) is 0 Å². The molecule has 2 amide bonds. The number of rotatable bonds is 6. The average molecular weight is 425 g/mol. The van der Waals surface area contributed by atoms with E-state index in [0.29, 0.717) is 18.8 Å². The van der Waals surface area contributed by atoms with E-state index in [1.807, 2.05) is 91.0 Å². The van der Waals surface area contributed by atoms with E-state index < -0.39 is 6.04 Å². The van der Waals surface area contributed by atoms with Gasteiger partial charge in [-0.05, 0) is 23.3 Å². The number of carbonyl (C=O) groups excluding carboxylic acids is 2. The molecule has 1 fully saturated rings. The van der Waals surface area contributed by atoms with Crippen LogP contribution >= 0.6 is 0 Å². The summed E-state index contributed by atoms with van der Waals surface area (Å²) in [6.45, 7) is 0.941. The molecule has 5 nitrogen and oxygen atoms in total. The number of furan rings is 1. The van der Waals surface area contributed by atoms with E-state index in [1.54, 1.807) is 4.90 Å². The molecule has 0 bridgehead atoms. The Hall–Kier alpha value is -3.86. The third-order valence-electron chi connectivity index (χ3n) is 5.95. The Labute approximate surface area is 186 Å². The van der Waals surface area contributed by atoms with E-state index in [-0.39, 0.29) is 24.2 Å². The number of nitrogens with one attached hydrogen (secondary N) is 1. The second kappa shape index (κ2) is 8.71. The van der Waals surface area contributed by atoms with Gasteiger partial charge >= 0.3 is 0 Å². The normalized spacial score (nSPS) is 16.9. The van der Waals surface area contributed by atoms with Crippen LogP contribution in [0.15, 0.2) is 95.4 Å². The van der Waals surface area contributed by atoms with E-state index >= 15 is 0 Å². The van der Waals surface area contributed by atoms with Crippen LogP contribution in [-0.4, -0.2) is 23.3 Å². The van der Waals surface area contributed by atoms with Crippen LogP contribution in [0.25, 0.3) is 11.0 Å². The fourth-order valence-corrected chi connectivity index (χ4v) is 4.27. The molecular formula is C27H24N2O3. The first-order chi connectivity index (χ1) is 15.7. The van der Waals surface area contributed by atoms with Gasteiger partial charge in [-0.25, -0.2) is 0 Å². The molecule has 1 aliphatic rings. The predicted molar refractivity (Wildman–Crippen MR) is 123 cm³/mol. The summed E-state index contributed by atoms with van der Waals surface area (Å²) in [5, 5.41) is 4.13. The summed E-state index contributed by atoms with van der Waals surface area (Å²) in [6.07, 6.45) is 0.223. The van der Waals surface area contributed by atoms with Crippen molar-refractivity contribution in [2.75, 3.05) is 6.54 Å². The number of likely N-dealkylation sites (tertiary alicyclic amines) is 1. The van der Waals surface area contributed by atoms with Crippen molar-refractivity contribution in [1.29, 1.82) is 0 Å². The molecule has 0 aliphatic carbocycles. The first kappa shape index (κ1) is 20.1. The summed E-state index contributed by atoms with van der Waals surface area (Å²) in [4.78, 5) is 27.6. The molecule has 160 valence electrons. The quantitative estimate of drug-likeness (QED) is 0.489. The maximum absolute atomic E-state index is 13.2. The number of fused-ring (bicyclic) bond motifs is 1. The van der Waals surface area contributed by atoms with E-state index in [4.69, 9.17) is 4.42 Å². The Morgan fingerprint density at radius 1 is 0.969 bits per heavy atom. The highest BCUT2D eigenvalue weighted by molar-refractivity contribution is 5.89. The third-order valence-corrected chi connectivity index (χ3v) is 5.95. The smallest absolute Gasteiger partial charge is 0.226 e. The van der Waals surface area contributed by atoms with Gasteiger partial charge in [0, 0.05) is 24.9 Å². The molecule has 32 heavy (non-hydrogen) atoms. The largest absolute Gasteiger partial charge is 0.459 e. The lowest BCUT2D eigenvalue weighted by Crippen LogP contribution is -2.35. The van der Waals surface area contributed by atoms with E-state index in [1.165, 1.54) is 0 Å². The molecule has 5 heteroatoms. The Kier molecular flexibility index (Phi) is 5.46. The zero-order chi connectivity index (χ0) is 21.9. The SMILES string of the molecule is O=C(NC(c1ccccc1)c1cc2ccccc2o1)C1CC(=O)N(Cc2ccccc2)C1. The van der Waals surface area contributed by atoms with Crippen molar-refractivity contribution in [1.82, 2.24) is 10.2 Å². The monoisotopic (exact) mass is 424 g/mol. The molecule has 2 atom stereocenters. The minimum atomic E-state index is -0.422. The fourth-order valence-electron chi connectivity index (χ4n) is 4.27. The van der Waals surface area contributed by atoms with Crippen LogP contribution in [0, 0.1) is 5.92 Å². The summed E-state index contributed by atoms with van der Waals surface area (Å²) in [7, 11) is 0. The fraction of sp³-hybridized carbons (Fsp3) is 0.185. The Balaban J connectivity index is 1.35. The number of hydrogen-bond acceptors (Lipinski definition) is 3. The highest BCUT2D eigenvalue weighted by atomic mass is 16.3. The molecule has 3 aromatic carbocycles. The molecule has 0 saturated carbocycles. The van der Waals surface area contributed by atoms with Gasteiger partial charge < -0.3 is 14.6 Å². The maximum Gasteiger partial charge on any atom is 0.226 e. The van der Waals surface area contributed by atoms with Crippen molar-refractivity contribution in [2.24, 2.45) is 5.92 Å². The van der Waals surface area contributed by atoms with Crippen LogP contribution in [0.1, 0.15) is 29.3 Å². The van der Waals surface area contributed by atoms with Crippen molar-refractivity contribution < 1.29 is 14.0 Å². The first-order valence-electron chi connectivity index (χ1n) is 10.8. The standard InChI is InChI=1S/C27H24N2O3/c30-25-16-22(18-29(25)17-19-9-3-1-4-10-19)27(31)28-26(20-11-5-2-6-12-20)24-15-21-13-7-8-14-23(21)32-24/h1-15,22,26H,16-18H2,(H,28,31). The van der Waals surface area contributed by atoms with Crippen molar-refractivity contribution in [3.8, 4) is 0 Å². The molecular weight excluding hydrogens is 400 g/mol. The van der Waals surface area contributed by atoms with Crippen molar-refractivity contribution in [3.05, 3.63) is 108 Å². The number of amides is 2. The molecule has 1 N–H and O–H groups in total. The number of hydrogen-bond donors (Lipinski definition) is 1. The van der Waals surface area contributed by atoms with Crippen LogP contribution in [0.3, 0.4) is 0 Å². The molecule has 2 unspecified atom stereocenters. The minimum Gasteiger partial charge on any atom is -0.459 e. The lowest BCUT2D eigenvalue weighted by Gasteiger charge is -2.20. The lowest BCUT2D eigenvalue weighted by atomic mass is 10.0. The molecule has 2 heterocycles. The third kappa shape index (κ3) is 4.14. The van der Waals surface area contributed by atoms with Gasteiger partial charge in [-0.2, -0.15) is 0 Å². The Bertz CT molecular complexity index is 1200. The Morgan fingerprint density at radius 3 is 2.41 bits per heavy atom. The lowest BCUT2D eigenvalue weighted by molar-refractivity contribution is -0.129. The van der Waals surface area contributed by atoms with Gasteiger partial charge in [0.15, 0.2) is 0 Å². The van der Waals surface area contributed by atoms with Gasteiger partial charge in [0.1, 0.15) is 17.4 Å². The molecule has 1 aromatic heterocycles. The van der Waals surface area contributed by atoms with Crippen LogP contribution in [-0.2, 0) is 16.1 Å².